The fourth-order valence-corrected chi connectivity index (χ4v) is 4.87. The Labute approximate surface area is 200 Å². The van der Waals surface area contributed by atoms with E-state index in [1.807, 2.05) is 43.3 Å². The molecule has 0 unspecified atom stereocenters. The molecule has 2 aliphatic rings. The van der Waals surface area contributed by atoms with Crippen LogP contribution in [0, 0.1) is 5.92 Å². The lowest BCUT2D eigenvalue weighted by Gasteiger charge is -2.38. The quantitative estimate of drug-likeness (QED) is 0.464. The minimum Gasteiger partial charge on any atom is -0.508 e. The molecule has 0 aromatic heterocycles. The molecule has 3 aromatic carbocycles. The van der Waals surface area contributed by atoms with Crippen molar-refractivity contribution in [2.24, 2.45) is 5.92 Å². The first-order valence-electron chi connectivity index (χ1n) is 12.0. The van der Waals surface area contributed by atoms with Gasteiger partial charge in [-0.3, -0.25) is 4.90 Å². The van der Waals surface area contributed by atoms with Crippen LogP contribution >= 0.6 is 0 Å². The van der Waals surface area contributed by atoms with Crippen LogP contribution in [0.15, 0.2) is 66.7 Å². The van der Waals surface area contributed by atoms with Crippen molar-refractivity contribution in [1.29, 1.82) is 0 Å². The van der Waals surface area contributed by atoms with Crippen LogP contribution in [0.2, 0.25) is 0 Å². The van der Waals surface area contributed by atoms with Crippen LogP contribution in [-0.2, 0) is 0 Å². The number of likely N-dealkylation sites (tertiary alicyclic amines) is 1. The Morgan fingerprint density at radius 2 is 1.74 bits per heavy atom. The number of nitrogens with zero attached hydrogens (tertiary/aromatic N) is 1. The van der Waals surface area contributed by atoms with Gasteiger partial charge in [-0.25, -0.2) is 0 Å². The highest BCUT2D eigenvalue weighted by molar-refractivity contribution is 5.95. The summed E-state index contributed by atoms with van der Waals surface area (Å²) in [6.07, 6.45) is 0.909. The van der Waals surface area contributed by atoms with Crippen molar-refractivity contribution < 1.29 is 19.7 Å². The van der Waals surface area contributed by atoms with Gasteiger partial charge in [0.1, 0.15) is 35.7 Å². The molecule has 0 saturated carbocycles. The van der Waals surface area contributed by atoms with Crippen molar-refractivity contribution in [2.75, 3.05) is 26.2 Å². The van der Waals surface area contributed by atoms with E-state index in [0.29, 0.717) is 6.61 Å². The van der Waals surface area contributed by atoms with Crippen molar-refractivity contribution in [3.63, 3.8) is 0 Å². The van der Waals surface area contributed by atoms with E-state index in [-0.39, 0.29) is 17.6 Å². The van der Waals surface area contributed by atoms with Gasteiger partial charge >= 0.3 is 0 Å². The van der Waals surface area contributed by atoms with Crippen LogP contribution in [0.4, 0.5) is 0 Å². The van der Waals surface area contributed by atoms with E-state index in [0.717, 1.165) is 51.8 Å². The number of benzene rings is 3. The molecule has 1 fully saturated rings. The van der Waals surface area contributed by atoms with Crippen molar-refractivity contribution in [2.45, 2.75) is 26.4 Å². The highest BCUT2D eigenvalue weighted by atomic mass is 16.5. The molecule has 0 aliphatic carbocycles. The molecule has 34 heavy (non-hydrogen) atoms. The monoisotopic (exact) mass is 457 g/mol. The molecule has 176 valence electrons. The number of ether oxygens (including phenoxy) is 2. The van der Waals surface area contributed by atoms with Gasteiger partial charge in [0.25, 0.3) is 0 Å². The van der Waals surface area contributed by atoms with Crippen LogP contribution < -0.4 is 9.47 Å². The van der Waals surface area contributed by atoms with E-state index >= 15 is 0 Å². The second-order valence-electron chi connectivity index (χ2n) is 9.22. The molecule has 1 atom stereocenters. The average molecular weight is 458 g/mol. The molecule has 0 bridgehead atoms. The van der Waals surface area contributed by atoms with E-state index in [1.165, 1.54) is 19.5 Å². The largest absolute Gasteiger partial charge is 0.508 e. The normalized spacial score (nSPS) is 18.2. The predicted molar refractivity (Wildman–Crippen MR) is 134 cm³/mol. The highest BCUT2D eigenvalue weighted by Gasteiger charge is 2.30. The molecule has 5 nitrogen and oxygen atoms in total. The van der Waals surface area contributed by atoms with E-state index in [4.69, 9.17) is 9.47 Å². The molecule has 1 saturated heterocycles. The zero-order valence-electron chi connectivity index (χ0n) is 19.7. The SMILES string of the molecule is CCC1CN(CCOc2ccc([C@H]3Oc4ccc(O)cc4C(C)=C3c3cccc(O)c3)cc2)C1. The zero-order chi connectivity index (χ0) is 23.7. The summed E-state index contributed by atoms with van der Waals surface area (Å²) in [5.41, 5.74) is 4.71. The molecule has 5 rings (SSSR count). The maximum Gasteiger partial charge on any atom is 0.150 e. The molecule has 0 spiro atoms. The average Bonchev–Trinajstić information content (AvgIpc) is 2.81. The number of phenols is 2. The molecule has 5 heteroatoms. The van der Waals surface area contributed by atoms with Gasteiger partial charge in [0.15, 0.2) is 0 Å². The van der Waals surface area contributed by atoms with Gasteiger partial charge in [0, 0.05) is 30.8 Å². The summed E-state index contributed by atoms with van der Waals surface area (Å²) in [6, 6.07) is 20.4. The first-order chi connectivity index (χ1) is 16.5. The Morgan fingerprint density at radius 3 is 2.47 bits per heavy atom. The summed E-state index contributed by atoms with van der Waals surface area (Å²) in [5, 5.41) is 20.1. The minimum atomic E-state index is -0.347. The molecule has 2 heterocycles. The zero-order valence-corrected chi connectivity index (χ0v) is 19.7. The number of rotatable bonds is 7. The Bertz CT molecular complexity index is 1200. The maximum absolute atomic E-state index is 10.1. The smallest absolute Gasteiger partial charge is 0.150 e. The number of phenolic OH excluding ortho intramolecular Hbond substituents is 2. The Morgan fingerprint density at radius 1 is 0.971 bits per heavy atom. The van der Waals surface area contributed by atoms with E-state index in [2.05, 4.69) is 11.8 Å². The molecule has 0 radical (unpaired) electrons. The lowest BCUT2D eigenvalue weighted by atomic mass is 9.86. The summed E-state index contributed by atoms with van der Waals surface area (Å²) < 4.78 is 12.4. The molecule has 2 aliphatic heterocycles. The van der Waals surface area contributed by atoms with Crippen LogP contribution in [0.3, 0.4) is 0 Å². The van der Waals surface area contributed by atoms with Gasteiger partial charge in [-0.1, -0.05) is 37.6 Å². The number of hydrogen-bond donors (Lipinski definition) is 2. The van der Waals surface area contributed by atoms with Crippen molar-refractivity contribution in [1.82, 2.24) is 4.90 Å². The van der Waals surface area contributed by atoms with Crippen molar-refractivity contribution >= 4 is 11.1 Å². The second kappa shape index (κ2) is 9.43. The van der Waals surface area contributed by atoms with Crippen molar-refractivity contribution in [3.8, 4) is 23.0 Å². The number of fused-ring (bicyclic) bond motifs is 1. The highest BCUT2D eigenvalue weighted by Crippen LogP contribution is 2.47. The summed E-state index contributed by atoms with van der Waals surface area (Å²) in [7, 11) is 0. The van der Waals surface area contributed by atoms with E-state index in [1.54, 1.807) is 30.3 Å². The lowest BCUT2D eigenvalue weighted by Crippen LogP contribution is -2.47. The maximum atomic E-state index is 10.1. The third-order valence-electron chi connectivity index (χ3n) is 6.90. The molecule has 0 amide bonds. The second-order valence-corrected chi connectivity index (χ2v) is 9.22. The molecule has 2 N–H and O–H groups in total. The third kappa shape index (κ3) is 4.48. The third-order valence-corrected chi connectivity index (χ3v) is 6.90. The van der Waals surface area contributed by atoms with Crippen molar-refractivity contribution in [3.05, 3.63) is 83.4 Å². The fraction of sp³-hybridized carbons (Fsp3) is 0.310. The molecule has 3 aromatic rings. The first-order valence-corrected chi connectivity index (χ1v) is 12.0. The Balaban J connectivity index is 1.38. The predicted octanol–water partition coefficient (Wildman–Crippen LogP) is 5.88. The van der Waals surface area contributed by atoms with Gasteiger partial charge in [0.05, 0.1) is 0 Å². The van der Waals surface area contributed by atoms with Gasteiger partial charge in [0.2, 0.25) is 0 Å². The van der Waals surface area contributed by atoms with Gasteiger partial charge < -0.3 is 19.7 Å². The van der Waals surface area contributed by atoms with Crippen LogP contribution in [-0.4, -0.2) is 41.4 Å². The molecular formula is C29H31NO4. The van der Waals surface area contributed by atoms with Gasteiger partial charge in [-0.2, -0.15) is 0 Å². The lowest BCUT2D eigenvalue weighted by molar-refractivity contribution is 0.0806. The summed E-state index contributed by atoms with van der Waals surface area (Å²) in [4.78, 5) is 2.43. The standard InChI is InChI=1S/C29H31NO4/c1-3-20-17-30(18-20)13-14-33-25-10-7-21(8-11-25)29-28(22-5-4-6-23(31)15-22)19(2)26-16-24(32)9-12-27(26)34-29/h4-12,15-16,20,29,31-32H,3,13-14,17-18H2,1-2H3/t29-/m1/s1. The number of hydrogen-bond acceptors (Lipinski definition) is 5. The summed E-state index contributed by atoms with van der Waals surface area (Å²) in [6.45, 7) is 8.28. The van der Waals surface area contributed by atoms with Gasteiger partial charge in [-0.15, -0.1) is 0 Å². The Kier molecular flexibility index (Phi) is 6.20. The van der Waals surface area contributed by atoms with Gasteiger partial charge in [-0.05, 0) is 72.0 Å². The molecular weight excluding hydrogens is 426 g/mol. The minimum absolute atomic E-state index is 0.195. The number of aromatic hydroxyl groups is 2. The van der Waals surface area contributed by atoms with E-state index < -0.39 is 0 Å². The van der Waals surface area contributed by atoms with E-state index in [9.17, 15) is 10.2 Å². The summed E-state index contributed by atoms with van der Waals surface area (Å²) in [5.74, 6) is 2.82. The number of allylic oxidation sites excluding steroid dienone is 1. The first kappa shape index (κ1) is 22.4. The van der Waals surface area contributed by atoms with Crippen LogP contribution in [0.25, 0.3) is 11.1 Å². The Hall–Kier alpha value is -3.44. The topological polar surface area (TPSA) is 62.2 Å². The summed E-state index contributed by atoms with van der Waals surface area (Å²) >= 11 is 0. The van der Waals surface area contributed by atoms with Crippen LogP contribution in [0.5, 0.6) is 23.0 Å². The fourth-order valence-electron chi connectivity index (χ4n) is 4.87. The van der Waals surface area contributed by atoms with Crippen LogP contribution in [0.1, 0.15) is 43.1 Å².